The lowest BCUT2D eigenvalue weighted by Crippen LogP contribution is -2.39. The quantitative estimate of drug-likeness (QED) is 0.440. The van der Waals surface area contributed by atoms with Crippen LogP contribution in [0.25, 0.3) is 22.4 Å². The molecule has 178 valence electrons. The fourth-order valence-corrected chi connectivity index (χ4v) is 4.89. The summed E-state index contributed by atoms with van der Waals surface area (Å²) in [5, 5.41) is 7.36. The number of nitrogens with zero attached hydrogens (tertiary/aromatic N) is 2. The van der Waals surface area contributed by atoms with Crippen LogP contribution in [0.4, 0.5) is 4.39 Å². The smallest absolute Gasteiger partial charge is 0.161 e. The van der Waals surface area contributed by atoms with Gasteiger partial charge in [-0.2, -0.15) is 5.10 Å². The molecule has 7 heteroatoms. The van der Waals surface area contributed by atoms with Crippen LogP contribution in [0.3, 0.4) is 0 Å². The molecule has 1 unspecified atom stereocenters. The molecule has 3 heterocycles. The van der Waals surface area contributed by atoms with Gasteiger partial charge >= 0.3 is 0 Å². The van der Waals surface area contributed by atoms with Gasteiger partial charge in [0.1, 0.15) is 19.0 Å². The first-order valence-corrected chi connectivity index (χ1v) is 11.9. The van der Waals surface area contributed by atoms with Crippen molar-refractivity contribution in [2.75, 3.05) is 39.5 Å². The van der Waals surface area contributed by atoms with Crippen LogP contribution in [-0.4, -0.2) is 54.6 Å². The number of benzene rings is 3. The number of H-pyrrole nitrogens is 1. The maximum absolute atomic E-state index is 14.7. The third-order valence-corrected chi connectivity index (χ3v) is 6.62. The lowest BCUT2D eigenvalue weighted by molar-refractivity contribution is 0.0240. The molecule has 0 radical (unpaired) electrons. The normalized spacial score (nSPS) is 16.7. The van der Waals surface area contributed by atoms with E-state index in [-0.39, 0.29) is 11.9 Å². The SMILES string of the molecule is Fc1ccccc1-c1[nH]ncc1C(c1ccc(-c2ccc3c(c2)OCCO3)cc1)N1CCOCC1. The molecule has 0 bridgehead atoms. The summed E-state index contributed by atoms with van der Waals surface area (Å²) in [5.74, 6) is 1.29. The van der Waals surface area contributed by atoms with Crippen molar-refractivity contribution in [3.8, 4) is 33.9 Å². The minimum atomic E-state index is -0.271. The number of ether oxygens (including phenoxy) is 3. The average molecular weight is 472 g/mol. The summed E-state index contributed by atoms with van der Waals surface area (Å²) in [6, 6.07) is 21.3. The Morgan fingerprint density at radius 1 is 0.829 bits per heavy atom. The van der Waals surface area contributed by atoms with Gasteiger partial charge in [-0.3, -0.25) is 10.00 Å². The van der Waals surface area contributed by atoms with E-state index in [0.717, 1.165) is 46.8 Å². The number of rotatable bonds is 5. The fourth-order valence-electron chi connectivity index (χ4n) is 4.89. The molecule has 0 amide bonds. The molecule has 0 saturated carbocycles. The van der Waals surface area contributed by atoms with Crippen LogP contribution in [-0.2, 0) is 4.74 Å². The maximum atomic E-state index is 14.7. The molecular formula is C28H26FN3O3. The van der Waals surface area contributed by atoms with E-state index in [2.05, 4.69) is 39.4 Å². The van der Waals surface area contributed by atoms with Gasteiger partial charge in [0, 0.05) is 24.2 Å². The molecule has 0 aliphatic carbocycles. The van der Waals surface area contributed by atoms with Crippen molar-refractivity contribution in [1.29, 1.82) is 0 Å². The predicted molar refractivity (Wildman–Crippen MR) is 131 cm³/mol. The van der Waals surface area contributed by atoms with Gasteiger partial charge < -0.3 is 14.2 Å². The first-order valence-electron chi connectivity index (χ1n) is 11.9. The first-order chi connectivity index (χ1) is 17.3. The van der Waals surface area contributed by atoms with E-state index in [1.54, 1.807) is 12.1 Å². The molecule has 3 aromatic carbocycles. The minimum absolute atomic E-state index is 0.0819. The van der Waals surface area contributed by atoms with Gasteiger partial charge in [-0.05, 0) is 41.0 Å². The van der Waals surface area contributed by atoms with Gasteiger partial charge in [0.05, 0.1) is 31.1 Å². The van der Waals surface area contributed by atoms with Crippen LogP contribution in [0, 0.1) is 5.82 Å². The van der Waals surface area contributed by atoms with Crippen molar-refractivity contribution in [2.45, 2.75) is 6.04 Å². The maximum Gasteiger partial charge on any atom is 0.161 e. The van der Waals surface area contributed by atoms with Gasteiger partial charge in [-0.15, -0.1) is 0 Å². The van der Waals surface area contributed by atoms with Crippen LogP contribution in [0.1, 0.15) is 17.2 Å². The van der Waals surface area contributed by atoms with E-state index < -0.39 is 0 Å². The van der Waals surface area contributed by atoms with E-state index in [0.29, 0.717) is 37.7 Å². The highest BCUT2D eigenvalue weighted by Crippen LogP contribution is 2.38. The van der Waals surface area contributed by atoms with Crippen molar-refractivity contribution >= 4 is 0 Å². The zero-order valence-electron chi connectivity index (χ0n) is 19.2. The van der Waals surface area contributed by atoms with E-state index in [9.17, 15) is 4.39 Å². The van der Waals surface area contributed by atoms with Crippen LogP contribution >= 0.6 is 0 Å². The monoisotopic (exact) mass is 471 g/mol. The molecule has 6 nitrogen and oxygen atoms in total. The highest BCUT2D eigenvalue weighted by molar-refractivity contribution is 5.69. The molecule has 1 fully saturated rings. The fraction of sp³-hybridized carbons (Fsp3) is 0.250. The lowest BCUT2D eigenvalue weighted by atomic mass is 9.93. The Bertz CT molecular complexity index is 1320. The Hall–Kier alpha value is -3.68. The van der Waals surface area contributed by atoms with Crippen LogP contribution < -0.4 is 9.47 Å². The number of halogens is 1. The van der Waals surface area contributed by atoms with Crippen LogP contribution in [0.5, 0.6) is 11.5 Å². The highest BCUT2D eigenvalue weighted by Gasteiger charge is 2.28. The third-order valence-electron chi connectivity index (χ3n) is 6.62. The van der Waals surface area contributed by atoms with Gasteiger partial charge in [0.15, 0.2) is 11.5 Å². The molecule has 1 atom stereocenters. The summed E-state index contributed by atoms with van der Waals surface area (Å²) in [4.78, 5) is 2.37. The van der Waals surface area contributed by atoms with Gasteiger partial charge in [0.25, 0.3) is 0 Å². The molecule has 2 aliphatic rings. The zero-order valence-corrected chi connectivity index (χ0v) is 19.2. The molecule has 1 saturated heterocycles. The van der Waals surface area contributed by atoms with Gasteiger partial charge in [0.2, 0.25) is 0 Å². The zero-order chi connectivity index (χ0) is 23.6. The summed E-state index contributed by atoms with van der Waals surface area (Å²) in [5.41, 5.74) is 5.45. The van der Waals surface area contributed by atoms with Crippen molar-refractivity contribution in [3.63, 3.8) is 0 Å². The van der Waals surface area contributed by atoms with E-state index in [1.807, 2.05) is 30.5 Å². The van der Waals surface area contributed by atoms with E-state index in [4.69, 9.17) is 14.2 Å². The number of aromatic nitrogens is 2. The minimum Gasteiger partial charge on any atom is -0.486 e. The Balaban J connectivity index is 1.37. The average Bonchev–Trinajstić information content (AvgIpc) is 3.39. The molecule has 4 aromatic rings. The van der Waals surface area contributed by atoms with Crippen LogP contribution in [0.2, 0.25) is 0 Å². The van der Waals surface area contributed by atoms with E-state index >= 15 is 0 Å². The summed E-state index contributed by atoms with van der Waals surface area (Å²) >= 11 is 0. The highest BCUT2D eigenvalue weighted by atomic mass is 19.1. The molecular weight excluding hydrogens is 445 g/mol. The Morgan fingerprint density at radius 3 is 2.37 bits per heavy atom. The lowest BCUT2D eigenvalue weighted by Gasteiger charge is -2.35. The topological polar surface area (TPSA) is 59.6 Å². The number of aromatic amines is 1. The Labute approximate surface area is 203 Å². The molecule has 35 heavy (non-hydrogen) atoms. The summed E-state index contributed by atoms with van der Waals surface area (Å²) in [7, 11) is 0. The Morgan fingerprint density at radius 2 is 1.57 bits per heavy atom. The second kappa shape index (κ2) is 9.52. The number of morpholine rings is 1. The number of hydrogen-bond acceptors (Lipinski definition) is 5. The second-order valence-corrected chi connectivity index (χ2v) is 8.71. The van der Waals surface area contributed by atoms with Crippen molar-refractivity contribution in [3.05, 3.63) is 89.9 Å². The number of hydrogen-bond donors (Lipinski definition) is 1. The molecule has 1 N–H and O–H groups in total. The largest absolute Gasteiger partial charge is 0.486 e. The molecule has 6 rings (SSSR count). The number of nitrogens with one attached hydrogen (secondary N) is 1. The van der Waals surface area contributed by atoms with Crippen LogP contribution in [0.15, 0.2) is 72.9 Å². The Kier molecular flexibility index (Phi) is 5.94. The predicted octanol–water partition coefficient (Wildman–Crippen LogP) is 5.08. The third kappa shape index (κ3) is 4.29. The molecule has 0 spiro atoms. The molecule has 2 aliphatic heterocycles. The molecule has 1 aromatic heterocycles. The van der Waals surface area contributed by atoms with Gasteiger partial charge in [-0.25, -0.2) is 4.39 Å². The standard InChI is InChI=1S/C28H26FN3O3/c29-24-4-2-1-3-22(24)27-23(18-30-31-27)28(32-11-13-33-14-12-32)20-7-5-19(6-8-20)21-9-10-25-26(17-21)35-16-15-34-25/h1-10,17-18,28H,11-16H2,(H,30,31). The second-order valence-electron chi connectivity index (χ2n) is 8.71. The van der Waals surface area contributed by atoms with Gasteiger partial charge in [-0.1, -0.05) is 42.5 Å². The van der Waals surface area contributed by atoms with Crippen molar-refractivity contribution in [2.24, 2.45) is 0 Å². The summed E-state index contributed by atoms with van der Waals surface area (Å²) in [6.07, 6.45) is 1.82. The summed E-state index contributed by atoms with van der Waals surface area (Å²) < 4.78 is 31.7. The number of fused-ring (bicyclic) bond motifs is 1. The van der Waals surface area contributed by atoms with Crippen molar-refractivity contribution in [1.82, 2.24) is 15.1 Å². The van der Waals surface area contributed by atoms with E-state index in [1.165, 1.54) is 6.07 Å². The first kappa shape index (κ1) is 21.8. The van der Waals surface area contributed by atoms with Crippen molar-refractivity contribution < 1.29 is 18.6 Å². The summed E-state index contributed by atoms with van der Waals surface area (Å²) in [6.45, 7) is 4.04.